The monoisotopic (exact) mass is 190 g/mol. The van der Waals surface area contributed by atoms with Crippen LogP contribution < -0.4 is 0 Å². The summed E-state index contributed by atoms with van der Waals surface area (Å²) in [6, 6.07) is 0. The van der Waals surface area contributed by atoms with Gasteiger partial charge >= 0.3 is 0 Å². The molecule has 0 nitrogen and oxygen atoms in total. The van der Waals surface area contributed by atoms with Crippen LogP contribution in [-0.4, -0.2) is 8.11 Å². The molecule has 0 bridgehead atoms. The summed E-state index contributed by atoms with van der Waals surface area (Å²) in [4.78, 5) is 0. The topological polar surface area (TPSA) is 0 Å². The van der Waals surface area contributed by atoms with Crippen LogP contribution in [0.3, 0.4) is 0 Å². The van der Waals surface area contributed by atoms with Crippen molar-refractivity contribution in [3.8, 4) is 0 Å². The molecule has 0 aromatic carbocycles. The van der Waals surface area contributed by atoms with Gasteiger partial charge in [-0.1, -0.05) is 44.5 Å². The van der Waals surface area contributed by atoms with Gasteiger partial charge in [0, 0.05) is 0 Å². The van der Waals surface area contributed by atoms with Gasteiger partial charge in [-0.25, -0.2) is 0 Å². The van der Waals surface area contributed by atoms with Gasteiger partial charge in [0.2, 0.25) is 0 Å². The molecule has 2 heteroatoms. The average molecular weight is 191 g/mol. The van der Waals surface area contributed by atoms with Crippen molar-refractivity contribution in [2.45, 2.75) is 45.6 Å². The Balaban J connectivity index is 3.01. The van der Waals surface area contributed by atoms with E-state index in [2.05, 4.69) is 25.2 Å². The Hall–Kier alpha value is 0.247. The molecule has 0 spiro atoms. The van der Waals surface area contributed by atoms with E-state index in [-0.39, 0.29) is 0 Å². The molecule has 66 valence electrons. The second-order valence-corrected chi connectivity index (χ2v) is 6.76. The summed E-state index contributed by atoms with van der Waals surface area (Å²) in [5.41, 5.74) is 2.20. The number of hydrogen-bond acceptors (Lipinski definition) is 0. The predicted molar refractivity (Wildman–Crippen MR) is 56.8 cm³/mol. The first-order valence-corrected chi connectivity index (χ1v) is 8.14. The van der Waals surface area contributed by atoms with E-state index in [0.717, 1.165) is 0 Å². The molecular formula is C9H19ClSi. The van der Waals surface area contributed by atoms with Crippen molar-refractivity contribution in [3.05, 3.63) is 11.8 Å². The number of hydrogen-bond donors (Lipinski definition) is 0. The van der Waals surface area contributed by atoms with Crippen LogP contribution in [0.1, 0.15) is 39.0 Å². The van der Waals surface area contributed by atoms with Crippen LogP contribution in [-0.2, 0) is 0 Å². The Kier molecular flexibility index (Phi) is 8.53. The fourth-order valence-electron chi connectivity index (χ4n) is 0.973. The van der Waals surface area contributed by atoms with Crippen LogP contribution in [0.2, 0.25) is 6.55 Å². The van der Waals surface area contributed by atoms with Crippen molar-refractivity contribution in [3.63, 3.8) is 0 Å². The Morgan fingerprint density at radius 3 is 2.55 bits per heavy atom. The van der Waals surface area contributed by atoms with Gasteiger partial charge in [-0.05, 0) is 12.8 Å². The van der Waals surface area contributed by atoms with E-state index < -0.39 is 8.11 Å². The van der Waals surface area contributed by atoms with Crippen molar-refractivity contribution in [2.24, 2.45) is 0 Å². The van der Waals surface area contributed by atoms with Crippen LogP contribution in [0, 0.1) is 0 Å². The lowest BCUT2D eigenvalue weighted by Gasteiger charge is -1.94. The Morgan fingerprint density at radius 1 is 1.27 bits per heavy atom. The highest BCUT2D eigenvalue weighted by Crippen LogP contribution is 2.03. The Labute approximate surface area is 77.0 Å². The van der Waals surface area contributed by atoms with E-state index in [0.29, 0.717) is 0 Å². The zero-order valence-electron chi connectivity index (χ0n) is 7.65. The summed E-state index contributed by atoms with van der Waals surface area (Å²) in [7, 11) is -0.938. The molecule has 0 N–H and O–H groups in total. The summed E-state index contributed by atoms with van der Waals surface area (Å²) in [6.07, 6.45) is 8.89. The molecule has 0 aliphatic heterocycles. The largest absolute Gasteiger partial charge is 0.166 e. The molecule has 0 radical (unpaired) electrons. The van der Waals surface area contributed by atoms with Crippen molar-refractivity contribution >= 4 is 19.2 Å². The maximum atomic E-state index is 5.87. The second-order valence-electron chi connectivity index (χ2n) is 2.96. The third-order valence-electron chi connectivity index (χ3n) is 1.63. The minimum absolute atomic E-state index is 0.938. The lowest BCUT2D eigenvalue weighted by Crippen LogP contribution is -1.87. The summed E-state index contributed by atoms with van der Waals surface area (Å²) in [5, 5.41) is 0. The van der Waals surface area contributed by atoms with Gasteiger partial charge in [0.05, 0.1) is 0 Å². The highest BCUT2D eigenvalue weighted by molar-refractivity contribution is 7.09. The summed E-state index contributed by atoms with van der Waals surface area (Å²) < 4.78 is 0. The van der Waals surface area contributed by atoms with E-state index in [4.69, 9.17) is 11.1 Å². The maximum absolute atomic E-state index is 5.87. The zero-order valence-corrected chi connectivity index (χ0v) is 9.56. The molecule has 0 heterocycles. The molecule has 0 aromatic rings. The van der Waals surface area contributed by atoms with Gasteiger partial charge in [0.1, 0.15) is 0 Å². The van der Waals surface area contributed by atoms with Crippen LogP contribution >= 0.6 is 11.1 Å². The highest BCUT2D eigenvalue weighted by Gasteiger charge is 1.88. The van der Waals surface area contributed by atoms with Gasteiger partial charge in [-0.15, -0.1) is 0 Å². The van der Waals surface area contributed by atoms with Gasteiger partial charge in [-0.2, -0.15) is 11.1 Å². The normalized spacial score (nSPS) is 14.1. The average Bonchev–Trinajstić information content (AvgIpc) is 1.96. The molecule has 1 atom stereocenters. The van der Waals surface area contributed by atoms with E-state index in [1.807, 2.05) is 0 Å². The quantitative estimate of drug-likeness (QED) is 0.341. The smallest absolute Gasteiger partial charge is 0.160 e. The van der Waals surface area contributed by atoms with E-state index in [1.165, 1.54) is 32.1 Å². The van der Waals surface area contributed by atoms with Crippen LogP contribution in [0.25, 0.3) is 0 Å². The fourth-order valence-corrected chi connectivity index (χ4v) is 1.85. The first-order chi connectivity index (χ1) is 5.27. The number of halogens is 1. The Bertz CT molecular complexity index is 99.7. The van der Waals surface area contributed by atoms with Gasteiger partial charge < -0.3 is 0 Å². The van der Waals surface area contributed by atoms with Crippen molar-refractivity contribution in [1.82, 2.24) is 0 Å². The minimum Gasteiger partial charge on any atom is -0.166 e. The van der Waals surface area contributed by atoms with Gasteiger partial charge in [0.25, 0.3) is 0 Å². The Morgan fingerprint density at radius 2 is 2.00 bits per heavy atom. The summed E-state index contributed by atoms with van der Waals surface area (Å²) in [5.74, 6) is 0. The van der Waals surface area contributed by atoms with Crippen molar-refractivity contribution < 1.29 is 0 Å². The van der Waals surface area contributed by atoms with E-state index in [9.17, 15) is 0 Å². The second kappa shape index (κ2) is 8.34. The third-order valence-corrected chi connectivity index (χ3v) is 2.86. The highest BCUT2D eigenvalue weighted by atomic mass is 35.6. The molecule has 0 rings (SSSR count). The minimum atomic E-state index is -0.938. The molecule has 0 aliphatic rings. The fraction of sp³-hybridized carbons (Fsp3) is 0.778. The molecule has 0 saturated heterocycles. The number of rotatable bonds is 6. The first kappa shape index (κ1) is 11.2. The molecule has 11 heavy (non-hydrogen) atoms. The molecule has 0 saturated carbocycles. The third kappa shape index (κ3) is 10.2. The lowest BCUT2D eigenvalue weighted by molar-refractivity contribution is 0.674. The molecule has 0 aliphatic carbocycles. The van der Waals surface area contributed by atoms with Crippen LogP contribution in [0.5, 0.6) is 0 Å². The summed E-state index contributed by atoms with van der Waals surface area (Å²) in [6.45, 7) is 4.37. The molecule has 0 amide bonds. The molecular weight excluding hydrogens is 172 g/mol. The molecule has 0 fully saturated rings. The number of allylic oxidation sites excluding steroid dienone is 1. The van der Waals surface area contributed by atoms with Crippen LogP contribution in [0.15, 0.2) is 11.8 Å². The molecule has 0 aromatic heterocycles. The van der Waals surface area contributed by atoms with E-state index in [1.54, 1.807) is 0 Å². The maximum Gasteiger partial charge on any atom is 0.160 e. The predicted octanol–water partition coefficient (Wildman–Crippen LogP) is 3.64. The van der Waals surface area contributed by atoms with Crippen LogP contribution in [0.4, 0.5) is 0 Å². The zero-order chi connectivity index (χ0) is 8.53. The SMILES string of the molecule is CCCCCCC=C[SiH](C)Cl. The standard InChI is InChI=1S/C9H19ClSi/c1-3-4-5-6-7-8-9-11(2)10/h8-9,11H,3-7H2,1-2H3. The van der Waals surface area contributed by atoms with Crippen molar-refractivity contribution in [2.75, 3.05) is 0 Å². The van der Waals surface area contributed by atoms with E-state index >= 15 is 0 Å². The lowest BCUT2D eigenvalue weighted by atomic mass is 10.2. The van der Waals surface area contributed by atoms with Gasteiger partial charge in [-0.3, -0.25) is 0 Å². The molecule has 1 unspecified atom stereocenters. The van der Waals surface area contributed by atoms with Gasteiger partial charge in [0.15, 0.2) is 8.11 Å². The number of unbranched alkanes of at least 4 members (excludes halogenated alkanes) is 4. The summed E-state index contributed by atoms with van der Waals surface area (Å²) >= 11 is 5.87. The first-order valence-electron chi connectivity index (χ1n) is 4.58. The van der Waals surface area contributed by atoms with Crippen molar-refractivity contribution in [1.29, 1.82) is 0 Å².